The molecular formula is C27H33ClN2O4. The number of nitrogens with one attached hydrogen (secondary N) is 2. The molecule has 0 heterocycles. The summed E-state index contributed by atoms with van der Waals surface area (Å²) in [5.74, 6) is -1.17. The molecule has 3 N–H and O–H groups in total. The van der Waals surface area contributed by atoms with Crippen molar-refractivity contribution in [3.63, 3.8) is 0 Å². The van der Waals surface area contributed by atoms with E-state index in [9.17, 15) is 14.7 Å². The Balaban J connectivity index is 1.86. The number of rotatable bonds is 10. The van der Waals surface area contributed by atoms with Gasteiger partial charge in [-0.1, -0.05) is 74.0 Å². The molecule has 7 heteroatoms. The molecule has 0 aliphatic heterocycles. The lowest BCUT2D eigenvalue weighted by Crippen LogP contribution is -2.58. The van der Waals surface area contributed by atoms with Crippen molar-refractivity contribution in [3.05, 3.63) is 70.8 Å². The first-order valence-corrected chi connectivity index (χ1v) is 12.1. The second kappa shape index (κ2) is 12.2. The summed E-state index contributed by atoms with van der Waals surface area (Å²) < 4.78 is 6.25. The van der Waals surface area contributed by atoms with E-state index in [2.05, 4.69) is 10.6 Å². The lowest BCUT2D eigenvalue weighted by Gasteiger charge is -2.38. The summed E-state index contributed by atoms with van der Waals surface area (Å²) in [5.41, 5.74) is 3.13. The first-order chi connectivity index (χ1) is 16.3. The first-order valence-electron chi connectivity index (χ1n) is 11.8. The molecule has 0 aromatic heterocycles. The number of ether oxygens (including phenoxy) is 1. The number of halogens is 1. The second-order valence-corrected chi connectivity index (χ2v) is 8.98. The van der Waals surface area contributed by atoms with Gasteiger partial charge in [-0.05, 0) is 36.5 Å². The Hall–Kier alpha value is -2.67. The van der Waals surface area contributed by atoms with Gasteiger partial charge in [0.25, 0.3) is 0 Å². The molecule has 3 rings (SSSR count). The van der Waals surface area contributed by atoms with Gasteiger partial charge in [-0.25, -0.2) is 4.79 Å². The van der Waals surface area contributed by atoms with Crippen LogP contribution in [0.3, 0.4) is 0 Å². The molecule has 0 radical (unpaired) electrons. The van der Waals surface area contributed by atoms with Crippen molar-refractivity contribution in [3.8, 4) is 11.1 Å². The van der Waals surface area contributed by atoms with Gasteiger partial charge in [-0.2, -0.15) is 0 Å². The van der Waals surface area contributed by atoms with Crippen LogP contribution in [0.5, 0.6) is 0 Å². The van der Waals surface area contributed by atoms with E-state index in [4.69, 9.17) is 16.3 Å². The molecule has 6 nitrogen and oxygen atoms in total. The lowest BCUT2D eigenvalue weighted by atomic mass is 9.87. The molecule has 2 aromatic rings. The van der Waals surface area contributed by atoms with Crippen molar-refractivity contribution in [1.82, 2.24) is 10.6 Å². The van der Waals surface area contributed by atoms with E-state index in [0.717, 1.165) is 29.5 Å². The highest BCUT2D eigenvalue weighted by atomic mass is 35.5. The fourth-order valence-corrected chi connectivity index (χ4v) is 4.67. The van der Waals surface area contributed by atoms with Crippen LogP contribution in [0.4, 0.5) is 0 Å². The van der Waals surface area contributed by atoms with Gasteiger partial charge in [0, 0.05) is 30.6 Å². The third-order valence-corrected chi connectivity index (χ3v) is 6.66. The fourth-order valence-electron chi connectivity index (χ4n) is 4.36. The van der Waals surface area contributed by atoms with Crippen LogP contribution in [-0.4, -0.2) is 41.3 Å². The number of carbonyl (C=O) groups is 2. The van der Waals surface area contributed by atoms with Crippen LogP contribution in [-0.2, 0) is 20.9 Å². The quantitative estimate of drug-likeness (QED) is 0.443. The number of amides is 1. The van der Waals surface area contributed by atoms with Crippen LogP contribution in [0.15, 0.2) is 60.2 Å². The van der Waals surface area contributed by atoms with Gasteiger partial charge in [-0.3, -0.25) is 4.79 Å². The van der Waals surface area contributed by atoms with E-state index in [1.807, 2.05) is 62.4 Å². The summed E-state index contributed by atoms with van der Waals surface area (Å²) in [4.78, 5) is 23.9. The van der Waals surface area contributed by atoms with Gasteiger partial charge < -0.3 is 20.5 Å². The van der Waals surface area contributed by atoms with Crippen molar-refractivity contribution in [2.24, 2.45) is 0 Å². The Morgan fingerprint density at radius 3 is 2.44 bits per heavy atom. The van der Waals surface area contributed by atoms with Gasteiger partial charge in [0.15, 0.2) is 0 Å². The number of carboxylic acids is 1. The highest BCUT2D eigenvalue weighted by Gasteiger charge is 2.37. The minimum absolute atomic E-state index is 0.0247. The number of carbonyl (C=O) groups excluding carboxylic acids is 1. The van der Waals surface area contributed by atoms with E-state index in [1.54, 1.807) is 6.08 Å². The van der Waals surface area contributed by atoms with E-state index in [-0.39, 0.29) is 30.0 Å². The normalized spacial score (nSPS) is 20.1. The van der Waals surface area contributed by atoms with Crippen molar-refractivity contribution in [2.75, 3.05) is 0 Å². The van der Waals surface area contributed by atoms with E-state index >= 15 is 0 Å². The fraction of sp³-hybridized carbons (Fsp3) is 0.407. The summed E-state index contributed by atoms with van der Waals surface area (Å²) in [6, 6.07) is 15.1. The van der Waals surface area contributed by atoms with Crippen molar-refractivity contribution < 1.29 is 19.4 Å². The lowest BCUT2D eigenvalue weighted by molar-refractivity contribution is -0.133. The van der Waals surface area contributed by atoms with Crippen LogP contribution in [0, 0.1) is 0 Å². The molecule has 0 fully saturated rings. The van der Waals surface area contributed by atoms with Crippen LogP contribution < -0.4 is 10.6 Å². The smallest absolute Gasteiger partial charge is 0.331 e. The third kappa shape index (κ3) is 6.47. The van der Waals surface area contributed by atoms with Crippen LogP contribution in [0.25, 0.3) is 11.1 Å². The van der Waals surface area contributed by atoms with E-state index < -0.39 is 18.1 Å². The van der Waals surface area contributed by atoms with E-state index in [0.29, 0.717) is 11.6 Å². The van der Waals surface area contributed by atoms with Gasteiger partial charge in [0.05, 0.1) is 23.3 Å². The SMILES string of the molecule is CCC(CC)O[C@@H]1C=C(C(=O)O)C[C@H](NCc2cccc(-c3ccccc3)c2Cl)[C@H]1NC(C)=O. The largest absolute Gasteiger partial charge is 0.478 e. The molecule has 182 valence electrons. The van der Waals surface area contributed by atoms with Crippen molar-refractivity contribution >= 4 is 23.5 Å². The molecular weight excluding hydrogens is 452 g/mol. The molecule has 0 unspecified atom stereocenters. The third-order valence-electron chi connectivity index (χ3n) is 6.22. The Labute approximate surface area is 206 Å². The maximum atomic E-state index is 12.0. The predicted octanol–water partition coefficient (Wildman–Crippen LogP) is 4.96. The maximum Gasteiger partial charge on any atom is 0.331 e. The molecule has 1 amide bonds. The predicted molar refractivity (Wildman–Crippen MR) is 135 cm³/mol. The average Bonchev–Trinajstić information content (AvgIpc) is 2.83. The zero-order chi connectivity index (χ0) is 24.7. The summed E-state index contributed by atoms with van der Waals surface area (Å²) >= 11 is 6.76. The topological polar surface area (TPSA) is 87.7 Å². The van der Waals surface area contributed by atoms with Gasteiger partial charge in [-0.15, -0.1) is 0 Å². The summed E-state index contributed by atoms with van der Waals surface area (Å²) in [6.07, 6.45) is 2.94. The van der Waals surface area contributed by atoms with Crippen LogP contribution in [0.1, 0.15) is 45.6 Å². The maximum absolute atomic E-state index is 12.0. The first kappa shape index (κ1) is 25.9. The Kier molecular flexibility index (Phi) is 9.28. The monoisotopic (exact) mass is 484 g/mol. The second-order valence-electron chi connectivity index (χ2n) is 8.60. The standard InChI is InChI=1S/C27H33ClN2O4/c1-4-21(5-2)34-24-15-20(27(32)33)14-23(26(24)30-17(3)31)29-16-19-12-9-13-22(25(19)28)18-10-7-6-8-11-18/h6-13,15,21,23-24,26,29H,4-5,14,16H2,1-3H3,(H,30,31)(H,32,33)/t23-,24+,26+/m0/s1. The molecule has 34 heavy (non-hydrogen) atoms. The zero-order valence-electron chi connectivity index (χ0n) is 19.9. The number of benzene rings is 2. The molecule has 0 spiro atoms. The Bertz CT molecular complexity index is 1020. The van der Waals surface area contributed by atoms with Crippen LogP contribution in [0.2, 0.25) is 5.02 Å². The van der Waals surface area contributed by atoms with Crippen LogP contribution >= 0.6 is 11.6 Å². The molecule has 0 saturated heterocycles. The minimum Gasteiger partial charge on any atom is -0.478 e. The van der Waals surface area contributed by atoms with Gasteiger partial charge >= 0.3 is 5.97 Å². The average molecular weight is 485 g/mol. The Morgan fingerprint density at radius 1 is 1.12 bits per heavy atom. The molecule has 0 saturated carbocycles. The number of carboxylic acid groups (broad SMARTS) is 1. The number of aliphatic carboxylic acids is 1. The van der Waals surface area contributed by atoms with Gasteiger partial charge in [0.2, 0.25) is 5.91 Å². The summed E-state index contributed by atoms with van der Waals surface area (Å²) in [5, 5.41) is 16.8. The number of hydrogen-bond acceptors (Lipinski definition) is 4. The van der Waals surface area contributed by atoms with Crippen molar-refractivity contribution in [2.45, 2.75) is 70.9 Å². The molecule has 0 bridgehead atoms. The minimum atomic E-state index is -0.977. The number of hydrogen-bond donors (Lipinski definition) is 3. The molecule has 2 aromatic carbocycles. The molecule has 3 atom stereocenters. The molecule has 1 aliphatic carbocycles. The van der Waals surface area contributed by atoms with E-state index in [1.165, 1.54) is 6.92 Å². The van der Waals surface area contributed by atoms with Crippen molar-refractivity contribution in [1.29, 1.82) is 0 Å². The summed E-state index contributed by atoms with van der Waals surface area (Å²) in [7, 11) is 0. The highest BCUT2D eigenvalue weighted by molar-refractivity contribution is 6.34. The Morgan fingerprint density at radius 2 is 1.82 bits per heavy atom. The molecule has 1 aliphatic rings. The zero-order valence-corrected chi connectivity index (χ0v) is 20.6. The highest BCUT2D eigenvalue weighted by Crippen LogP contribution is 2.31. The van der Waals surface area contributed by atoms with Gasteiger partial charge in [0.1, 0.15) is 0 Å². The summed E-state index contributed by atoms with van der Waals surface area (Å²) in [6.45, 7) is 5.94.